The molecule has 0 amide bonds. The van der Waals surface area contributed by atoms with Crippen LogP contribution >= 0.6 is 0 Å². The minimum absolute atomic E-state index is 0.324. The van der Waals surface area contributed by atoms with Crippen molar-refractivity contribution in [3.05, 3.63) is 29.3 Å². The molecule has 0 aromatic heterocycles. The van der Waals surface area contributed by atoms with Gasteiger partial charge in [-0.15, -0.1) is 0 Å². The molecule has 1 aliphatic rings. The van der Waals surface area contributed by atoms with E-state index >= 15 is 0 Å². The number of anilines is 1. The van der Waals surface area contributed by atoms with Gasteiger partial charge in [-0.2, -0.15) is 0 Å². The lowest BCUT2D eigenvalue weighted by atomic mass is 10.1. The SMILES string of the molecule is Nc1cc(F)cc(C(=O)OC2CCOCC2)c1F. The zero-order valence-corrected chi connectivity index (χ0v) is 9.62. The summed E-state index contributed by atoms with van der Waals surface area (Å²) in [6.45, 7) is 0.984. The molecule has 1 fully saturated rings. The number of esters is 1. The molecule has 18 heavy (non-hydrogen) atoms. The average Bonchev–Trinajstić information content (AvgIpc) is 2.35. The first kappa shape index (κ1) is 12.8. The summed E-state index contributed by atoms with van der Waals surface area (Å²) in [7, 11) is 0. The van der Waals surface area contributed by atoms with Crippen LogP contribution < -0.4 is 5.73 Å². The van der Waals surface area contributed by atoms with Crippen LogP contribution in [0.4, 0.5) is 14.5 Å². The third kappa shape index (κ3) is 2.76. The Kier molecular flexibility index (Phi) is 3.76. The molecule has 1 aromatic rings. The Morgan fingerprint density at radius 3 is 2.67 bits per heavy atom. The third-order valence-electron chi connectivity index (χ3n) is 2.73. The van der Waals surface area contributed by atoms with Crippen LogP contribution in [0, 0.1) is 11.6 Å². The van der Waals surface area contributed by atoms with E-state index in [1.807, 2.05) is 0 Å². The molecule has 0 aliphatic carbocycles. The molecule has 0 atom stereocenters. The number of carbonyl (C=O) groups excluding carboxylic acids is 1. The normalized spacial score (nSPS) is 16.6. The second kappa shape index (κ2) is 5.30. The lowest BCUT2D eigenvalue weighted by molar-refractivity contribution is -0.0162. The van der Waals surface area contributed by atoms with Gasteiger partial charge in [-0.3, -0.25) is 0 Å². The molecule has 0 unspecified atom stereocenters. The molecule has 98 valence electrons. The van der Waals surface area contributed by atoms with Gasteiger partial charge in [0.2, 0.25) is 0 Å². The van der Waals surface area contributed by atoms with E-state index in [4.69, 9.17) is 15.2 Å². The van der Waals surface area contributed by atoms with Gasteiger partial charge < -0.3 is 15.2 Å². The molecule has 4 nitrogen and oxygen atoms in total. The molecule has 2 N–H and O–H groups in total. The quantitative estimate of drug-likeness (QED) is 0.649. The largest absolute Gasteiger partial charge is 0.459 e. The molecule has 2 rings (SSSR count). The standard InChI is InChI=1S/C12H13F2NO3/c13-7-5-9(11(14)10(15)6-7)12(16)18-8-1-3-17-4-2-8/h5-6,8H,1-4,15H2. The van der Waals surface area contributed by atoms with E-state index in [1.54, 1.807) is 0 Å². The number of hydrogen-bond acceptors (Lipinski definition) is 4. The van der Waals surface area contributed by atoms with Crippen LogP contribution in [0.1, 0.15) is 23.2 Å². The van der Waals surface area contributed by atoms with Gasteiger partial charge in [0.15, 0.2) is 5.82 Å². The molecule has 6 heteroatoms. The summed E-state index contributed by atoms with van der Waals surface area (Å²) in [5, 5.41) is 0. The lowest BCUT2D eigenvalue weighted by Crippen LogP contribution is -2.26. The predicted molar refractivity (Wildman–Crippen MR) is 60.0 cm³/mol. The summed E-state index contributed by atoms with van der Waals surface area (Å²) in [6.07, 6.45) is 0.784. The van der Waals surface area contributed by atoms with Crippen molar-refractivity contribution in [3.8, 4) is 0 Å². The molecule has 1 aromatic carbocycles. The maximum Gasteiger partial charge on any atom is 0.341 e. The molecular weight excluding hydrogens is 244 g/mol. The summed E-state index contributed by atoms with van der Waals surface area (Å²) in [4.78, 5) is 11.7. The van der Waals surface area contributed by atoms with Gasteiger partial charge >= 0.3 is 5.97 Å². The molecule has 1 heterocycles. The predicted octanol–water partition coefficient (Wildman–Crippen LogP) is 1.88. The Labute approximate surface area is 103 Å². The highest BCUT2D eigenvalue weighted by atomic mass is 19.1. The monoisotopic (exact) mass is 257 g/mol. The van der Waals surface area contributed by atoms with Crippen LogP contribution in [-0.4, -0.2) is 25.3 Å². The maximum atomic E-state index is 13.6. The Bertz CT molecular complexity index is 459. The number of rotatable bonds is 2. The van der Waals surface area contributed by atoms with E-state index < -0.39 is 28.9 Å². The smallest absolute Gasteiger partial charge is 0.341 e. The molecule has 0 saturated carbocycles. The van der Waals surface area contributed by atoms with Gasteiger partial charge in [0.1, 0.15) is 17.5 Å². The fourth-order valence-electron chi connectivity index (χ4n) is 1.77. The third-order valence-corrected chi connectivity index (χ3v) is 2.73. The maximum absolute atomic E-state index is 13.6. The van der Waals surface area contributed by atoms with Gasteiger partial charge in [-0.05, 0) is 12.1 Å². The van der Waals surface area contributed by atoms with Crippen molar-refractivity contribution < 1.29 is 23.0 Å². The topological polar surface area (TPSA) is 61.6 Å². The highest BCUT2D eigenvalue weighted by Gasteiger charge is 2.22. The molecule has 0 bridgehead atoms. The van der Waals surface area contributed by atoms with Gasteiger partial charge in [-0.25, -0.2) is 13.6 Å². The second-order valence-electron chi connectivity index (χ2n) is 4.07. The van der Waals surface area contributed by atoms with Crippen LogP contribution in [-0.2, 0) is 9.47 Å². The van der Waals surface area contributed by atoms with E-state index in [1.165, 1.54) is 0 Å². The van der Waals surface area contributed by atoms with Gasteiger partial charge in [0, 0.05) is 12.8 Å². The van der Waals surface area contributed by atoms with Crippen molar-refractivity contribution in [2.24, 2.45) is 0 Å². The summed E-state index contributed by atoms with van der Waals surface area (Å²) < 4.78 is 36.8. The average molecular weight is 257 g/mol. The van der Waals surface area contributed by atoms with Crippen molar-refractivity contribution in [3.63, 3.8) is 0 Å². The minimum Gasteiger partial charge on any atom is -0.459 e. The molecular formula is C12H13F2NO3. The van der Waals surface area contributed by atoms with E-state index in [-0.39, 0.29) is 6.10 Å². The number of ether oxygens (including phenoxy) is 2. The number of nitrogen functional groups attached to an aromatic ring is 1. The second-order valence-corrected chi connectivity index (χ2v) is 4.07. The highest BCUT2D eigenvalue weighted by Crippen LogP contribution is 2.20. The summed E-state index contributed by atoms with van der Waals surface area (Å²) in [5.41, 5.74) is 4.37. The number of nitrogens with two attached hydrogens (primary N) is 1. The zero-order valence-electron chi connectivity index (χ0n) is 9.62. The molecule has 0 spiro atoms. The Morgan fingerprint density at radius 1 is 1.33 bits per heavy atom. The van der Waals surface area contributed by atoms with Crippen molar-refractivity contribution in [2.45, 2.75) is 18.9 Å². The van der Waals surface area contributed by atoms with E-state index in [9.17, 15) is 13.6 Å². The van der Waals surface area contributed by atoms with E-state index in [0.717, 1.165) is 12.1 Å². The number of halogens is 2. The number of hydrogen-bond donors (Lipinski definition) is 1. The van der Waals surface area contributed by atoms with Crippen molar-refractivity contribution in [2.75, 3.05) is 18.9 Å². The van der Waals surface area contributed by atoms with Gasteiger partial charge in [-0.1, -0.05) is 0 Å². The highest BCUT2D eigenvalue weighted by molar-refractivity contribution is 5.91. The molecule has 0 radical (unpaired) electrons. The fraction of sp³-hybridized carbons (Fsp3) is 0.417. The van der Waals surface area contributed by atoms with E-state index in [0.29, 0.717) is 26.1 Å². The van der Waals surface area contributed by atoms with Crippen molar-refractivity contribution in [1.82, 2.24) is 0 Å². The molecule has 1 saturated heterocycles. The van der Waals surface area contributed by atoms with Crippen molar-refractivity contribution >= 4 is 11.7 Å². The minimum atomic E-state index is -0.951. The summed E-state index contributed by atoms with van der Waals surface area (Å²) >= 11 is 0. The lowest BCUT2D eigenvalue weighted by Gasteiger charge is -2.22. The first-order valence-corrected chi connectivity index (χ1v) is 5.61. The van der Waals surface area contributed by atoms with Crippen LogP contribution in [0.25, 0.3) is 0 Å². The first-order valence-electron chi connectivity index (χ1n) is 5.61. The number of carbonyl (C=O) groups is 1. The Hall–Kier alpha value is -1.69. The van der Waals surface area contributed by atoms with Gasteiger partial charge in [0.25, 0.3) is 0 Å². The van der Waals surface area contributed by atoms with Crippen LogP contribution in [0.3, 0.4) is 0 Å². The van der Waals surface area contributed by atoms with Crippen molar-refractivity contribution in [1.29, 1.82) is 0 Å². The Morgan fingerprint density at radius 2 is 2.00 bits per heavy atom. The summed E-state index contributed by atoms with van der Waals surface area (Å²) in [6, 6.07) is 1.61. The zero-order chi connectivity index (χ0) is 13.1. The summed E-state index contributed by atoms with van der Waals surface area (Å²) in [5.74, 6) is -2.62. The Balaban J connectivity index is 2.13. The van der Waals surface area contributed by atoms with Crippen LogP contribution in [0.5, 0.6) is 0 Å². The van der Waals surface area contributed by atoms with Gasteiger partial charge in [0.05, 0.1) is 18.9 Å². The van der Waals surface area contributed by atoms with E-state index in [2.05, 4.69) is 0 Å². The number of benzene rings is 1. The van der Waals surface area contributed by atoms with Crippen LogP contribution in [0.15, 0.2) is 12.1 Å². The molecule has 1 aliphatic heterocycles. The first-order chi connectivity index (χ1) is 8.58. The fourth-order valence-corrected chi connectivity index (χ4v) is 1.77. The van der Waals surface area contributed by atoms with Crippen LogP contribution in [0.2, 0.25) is 0 Å².